The zero-order valence-electron chi connectivity index (χ0n) is 13.5. The number of halogens is 1. The summed E-state index contributed by atoms with van der Waals surface area (Å²) < 4.78 is 36.6. The molecule has 0 aromatic heterocycles. The van der Waals surface area contributed by atoms with Crippen LogP contribution < -0.4 is 0 Å². The van der Waals surface area contributed by atoms with Crippen molar-refractivity contribution in [1.82, 2.24) is 9.80 Å². The molecule has 0 aliphatic carbocycles. The highest BCUT2D eigenvalue weighted by Crippen LogP contribution is 2.19. The van der Waals surface area contributed by atoms with Crippen LogP contribution in [0.1, 0.15) is 19.4 Å². The van der Waals surface area contributed by atoms with E-state index in [0.717, 1.165) is 25.2 Å². The quantitative estimate of drug-likeness (QED) is 0.826. The fraction of sp³-hybridized carbons (Fsp3) is 0.625. The molecule has 6 heteroatoms. The van der Waals surface area contributed by atoms with Crippen molar-refractivity contribution in [2.75, 3.05) is 32.4 Å². The Morgan fingerprint density at radius 3 is 2.55 bits per heavy atom. The molecular weight excluding hydrogens is 303 g/mol. The lowest BCUT2D eigenvalue weighted by molar-refractivity contribution is 0.176. The Morgan fingerprint density at radius 1 is 1.27 bits per heavy atom. The third-order valence-corrected chi connectivity index (χ3v) is 6.90. The molecule has 0 saturated carbocycles. The van der Waals surface area contributed by atoms with Crippen molar-refractivity contribution in [2.45, 2.75) is 31.7 Å². The minimum absolute atomic E-state index is 0.0537. The summed E-state index contributed by atoms with van der Waals surface area (Å²) in [7, 11) is -0.900. The number of likely N-dealkylation sites (N-methyl/N-ethyl adjacent to an activating group) is 1. The monoisotopic (exact) mass is 328 g/mol. The largest absolute Gasteiger partial charge is 0.301 e. The second kappa shape index (κ2) is 7.06. The van der Waals surface area contributed by atoms with Crippen LogP contribution in [0.25, 0.3) is 0 Å². The van der Waals surface area contributed by atoms with Gasteiger partial charge in [-0.05, 0) is 38.6 Å². The van der Waals surface area contributed by atoms with E-state index in [1.165, 1.54) is 12.1 Å². The summed E-state index contributed by atoms with van der Waals surface area (Å²) in [6.07, 6.45) is 0. The standard InChI is InChI=1S/C16H25FN2O2S/c1-13-14(2)22(20,21)11-10-19(13)9-8-18(3)12-15-4-6-16(17)7-5-15/h4-7,13-14H,8-12H2,1-3H3/t13-,14+/m0/s1. The maximum Gasteiger partial charge on any atom is 0.155 e. The zero-order chi connectivity index (χ0) is 16.3. The third-order valence-electron chi connectivity index (χ3n) is 4.62. The summed E-state index contributed by atoms with van der Waals surface area (Å²) in [6.45, 7) is 6.86. The first-order chi connectivity index (χ1) is 10.3. The molecule has 22 heavy (non-hydrogen) atoms. The third kappa shape index (κ3) is 4.27. The molecule has 124 valence electrons. The van der Waals surface area contributed by atoms with Gasteiger partial charge in [0.15, 0.2) is 9.84 Å². The predicted molar refractivity (Wildman–Crippen MR) is 87.0 cm³/mol. The van der Waals surface area contributed by atoms with Gasteiger partial charge in [0.05, 0.1) is 11.0 Å². The second-order valence-corrected chi connectivity index (χ2v) is 8.69. The van der Waals surface area contributed by atoms with Crippen LogP contribution >= 0.6 is 0 Å². The maximum absolute atomic E-state index is 12.9. The topological polar surface area (TPSA) is 40.6 Å². The number of rotatable bonds is 5. The van der Waals surface area contributed by atoms with Gasteiger partial charge in [-0.3, -0.25) is 4.90 Å². The van der Waals surface area contributed by atoms with Crippen LogP contribution in [-0.2, 0) is 16.4 Å². The maximum atomic E-state index is 12.9. The van der Waals surface area contributed by atoms with E-state index < -0.39 is 9.84 Å². The first kappa shape index (κ1) is 17.4. The zero-order valence-corrected chi connectivity index (χ0v) is 14.3. The predicted octanol–water partition coefficient (Wildman–Crippen LogP) is 1.76. The van der Waals surface area contributed by atoms with E-state index in [4.69, 9.17) is 0 Å². The molecule has 0 bridgehead atoms. The van der Waals surface area contributed by atoms with E-state index >= 15 is 0 Å². The smallest absolute Gasteiger partial charge is 0.155 e. The van der Waals surface area contributed by atoms with Gasteiger partial charge in [0.2, 0.25) is 0 Å². The molecule has 1 aromatic carbocycles. The van der Waals surface area contributed by atoms with Crippen molar-refractivity contribution in [3.63, 3.8) is 0 Å². The molecule has 0 N–H and O–H groups in total. The van der Waals surface area contributed by atoms with E-state index in [2.05, 4.69) is 9.80 Å². The van der Waals surface area contributed by atoms with Gasteiger partial charge in [-0.25, -0.2) is 12.8 Å². The highest BCUT2D eigenvalue weighted by atomic mass is 32.2. The number of benzene rings is 1. The molecule has 0 unspecified atom stereocenters. The van der Waals surface area contributed by atoms with Crippen molar-refractivity contribution in [1.29, 1.82) is 0 Å². The fourth-order valence-corrected chi connectivity index (χ4v) is 4.46. The first-order valence-electron chi connectivity index (χ1n) is 7.68. The lowest BCUT2D eigenvalue weighted by Crippen LogP contribution is -2.53. The number of nitrogens with zero attached hydrogens (tertiary/aromatic N) is 2. The number of sulfone groups is 1. The van der Waals surface area contributed by atoms with Gasteiger partial charge in [-0.1, -0.05) is 12.1 Å². The summed E-state index contributed by atoms with van der Waals surface area (Å²) >= 11 is 0. The SMILES string of the molecule is C[C@@H]1[C@H](C)N(CCN(C)Cc2ccc(F)cc2)CCS1(=O)=O. The Morgan fingerprint density at radius 2 is 1.91 bits per heavy atom. The van der Waals surface area contributed by atoms with Crippen LogP contribution in [0.4, 0.5) is 4.39 Å². The molecule has 4 nitrogen and oxygen atoms in total. The lowest BCUT2D eigenvalue weighted by atomic mass is 10.2. The normalized spacial score (nSPS) is 25.5. The van der Waals surface area contributed by atoms with Crippen LogP contribution in [0.2, 0.25) is 0 Å². The highest BCUT2D eigenvalue weighted by molar-refractivity contribution is 7.92. The first-order valence-corrected chi connectivity index (χ1v) is 9.40. The van der Waals surface area contributed by atoms with Crippen LogP contribution in [0.3, 0.4) is 0 Å². The Labute approximate surface area is 132 Å². The molecule has 1 saturated heterocycles. The summed E-state index contributed by atoms with van der Waals surface area (Å²) in [4.78, 5) is 4.42. The van der Waals surface area contributed by atoms with Crippen molar-refractivity contribution >= 4 is 9.84 Å². The molecule has 2 atom stereocenters. The molecular formula is C16H25FN2O2S. The van der Waals surface area contributed by atoms with Gasteiger partial charge in [0.25, 0.3) is 0 Å². The molecule has 0 radical (unpaired) electrons. The van der Waals surface area contributed by atoms with E-state index in [1.54, 1.807) is 19.1 Å². The Bertz CT molecular complexity index is 589. The fourth-order valence-electron chi connectivity index (χ4n) is 2.83. The average Bonchev–Trinajstić information content (AvgIpc) is 2.47. The average molecular weight is 328 g/mol. The van der Waals surface area contributed by atoms with Gasteiger partial charge in [-0.15, -0.1) is 0 Å². The van der Waals surface area contributed by atoms with E-state index in [-0.39, 0.29) is 22.9 Å². The molecule has 0 amide bonds. The minimum Gasteiger partial charge on any atom is -0.301 e. The van der Waals surface area contributed by atoms with Crippen LogP contribution in [0.5, 0.6) is 0 Å². The minimum atomic E-state index is -2.93. The summed E-state index contributed by atoms with van der Waals surface area (Å²) in [5, 5.41) is -0.302. The lowest BCUT2D eigenvalue weighted by Gasteiger charge is -2.38. The van der Waals surface area contributed by atoms with E-state index in [0.29, 0.717) is 6.54 Å². The second-order valence-electron chi connectivity index (χ2n) is 6.21. The van der Waals surface area contributed by atoms with Gasteiger partial charge in [0.1, 0.15) is 5.82 Å². The van der Waals surface area contributed by atoms with E-state index in [1.807, 2.05) is 14.0 Å². The van der Waals surface area contributed by atoms with E-state index in [9.17, 15) is 12.8 Å². The molecule has 1 heterocycles. The van der Waals surface area contributed by atoms with Crippen LogP contribution in [-0.4, -0.2) is 61.9 Å². The highest BCUT2D eigenvalue weighted by Gasteiger charge is 2.35. The Hall–Kier alpha value is -0.980. The Kier molecular flexibility index (Phi) is 5.58. The molecule has 1 fully saturated rings. The van der Waals surface area contributed by atoms with Crippen LogP contribution in [0, 0.1) is 5.82 Å². The Balaban J connectivity index is 1.83. The summed E-state index contributed by atoms with van der Waals surface area (Å²) in [5.41, 5.74) is 1.08. The van der Waals surface area contributed by atoms with Gasteiger partial charge in [0, 0.05) is 32.2 Å². The molecule has 1 aromatic rings. The molecule has 2 rings (SSSR count). The molecule has 1 aliphatic heterocycles. The number of hydrogen-bond acceptors (Lipinski definition) is 4. The van der Waals surface area contributed by atoms with Crippen molar-refractivity contribution in [3.05, 3.63) is 35.6 Å². The molecule has 1 aliphatic rings. The van der Waals surface area contributed by atoms with Crippen molar-refractivity contribution in [2.24, 2.45) is 0 Å². The summed E-state index contributed by atoms with van der Waals surface area (Å²) in [5.74, 6) is 0.0314. The molecule has 0 spiro atoms. The van der Waals surface area contributed by atoms with Crippen LogP contribution in [0.15, 0.2) is 24.3 Å². The summed E-state index contributed by atoms with van der Waals surface area (Å²) in [6, 6.07) is 6.59. The van der Waals surface area contributed by atoms with Crippen molar-refractivity contribution < 1.29 is 12.8 Å². The number of hydrogen-bond donors (Lipinski definition) is 0. The van der Waals surface area contributed by atoms with Crippen molar-refractivity contribution in [3.8, 4) is 0 Å². The van der Waals surface area contributed by atoms with Gasteiger partial charge in [-0.2, -0.15) is 0 Å². The van der Waals surface area contributed by atoms with Gasteiger partial charge < -0.3 is 4.90 Å². The van der Waals surface area contributed by atoms with Gasteiger partial charge >= 0.3 is 0 Å².